The number of fused-ring (bicyclic) bond motifs is 1. The van der Waals surface area contributed by atoms with Crippen molar-refractivity contribution in [2.24, 2.45) is 5.92 Å². The van der Waals surface area contributed by atoms with E-state index in [0.29, 0.717) is 0 Å². The first-order valence-corrected chi connectivity index (χ1v) is 4.81. The highest BCUT2D eigenvalue weighted by Gasteiger charge is 2.32. The number of piperidine rings is 1. The van der Waals surface area contributed by atoms with Gasteiger partial charge in [0.15, 0.2) is 0 Å². The van der Waals surface area contributed by atoms with Crippen LogP contribution in [0.4, 0.5) is 0 Å². The van der Waals surface area contributed by atoms with E-state index in [-0.39, 0.29) is 0 Å². The van der Waals surface area contributed by atoms with Crippen molar-refractivity contribution in [2.45, 2.75) is 37.8 Å². The minimum atomic E-state index is 0.731. The van der Waals surface area contributed by atoms with Gasteiger partial charge < -0.3 is 10.6 Å². The smallest absolute Gasteiger partial charge is 0.0192 e. The molecule has 0 amide bonds. The average molecular weight is 154 g/mol. The highest BCUT2D eigenvalue weighted by Crippen LogP contribution is 2.31. The topological polar surface area (TPSA) is 24.1 Å². The Hall–Kier alpha value is -0.0800. The fourth-order valence-electron chi connectivity index (χ4n) is 2.55. The lowest BCUT2D eigenvalue weighted by atomic mass is 9.91. The normalized spacial score (nSPS) is 43.9. The van der Waals surface area contributed by atoms with Crippen molar-refractivity contribution < 1.29 is 0 Å². The zero-order valence-corrected chi connectivity index (χ0v) is 7.27. The van der Waals surface area contributed by atoms with Gasteiger partial charge in [-0.2, -0.15) is 0 Å². The zero-order chi connectivity index (χ0) is 7.68. The maximum absolute atomic E-state index is 3.62. The molecule has 3 atom stereocenters. The number of nitrogens with one attached hydrogen (secondary N) is 2. The second-order valence-corrected chi connectivity index (χ2v) is 3.93. The molecule has 64 valence electrons. The quantitative estimate of drug-likeness (QED) is 0.582. The van der Waals surface area contributed by atoms with Crippen molar-refractivity contribution in [2.75, 3.05) is 13.6 Å². The molecule has 1 aliphatic heterocycles. The van der Waals surface area contributed by atoms with E-state index in [2.05, 4.69) is 17.7 Å². The maximum Gasteiger partial charge on any atom is 0.0192 e. The van der Waals surface area contributed by atoms with Crippen LogP contribution in [0.3, 0.4) is 0 Å². The van der Waals surface area contributed by atoms with E-state index < -0.39 is 0 Å². The van der Waals surface area contributed by atoms with Crippen molar-refractivity contribution in [3.63, 3.8) is 0 Å². The van der Waals surface area contributed by atoms with Gasteiger partial charge in [0.05, 0.1) is 0 Å². The Morgan fingerprint density at radius 3 is 3.09 bits per heavy atom. The summed E-state index contributed by atoms with van der Waals surface area (Å²) in [5.41, 5.74) is 0. The van der Waals surface area contributed by atoms with Crippen LogP contribution < -0.4 is 10.6 Å². The molecule has 0 aromatic carbocycles. The highest BCUT2D eigenvalue weighted by molar-refractivity contribution is 4.91. The van der Waals surface area contributed by atoms with Crippen LogP contribution in [0.25, 0.3) is 0 Å². The van der Waals surface area contributed by atoms with Crippen LogP contribution in [-0.2, 0) is 0 Å². The third-order valence-corrected chi connectivity index (χ3v) is 3.28. The monoisotopic (exact) mass is 154 g/mol. The van der Waals surface area contributed by atoms with Crippen LogP contribution in [0.5, 0.6) is 0 Å². The Labute approximate surface area is 68.7 Å². The molecule has 2 nitrogen and oxygen atoms in total. The molecule has 2 rings (SSSR count). The average Bonchev–Trinajstić information content (AvgIpc) is 2.50. The van der Waals surface area contributed by atoms with E-state index in [0.717, 1.165) is 18.0 Å². The Morgan fingerprint density at radius 1 is 1.36 bits per heavy atom. The number of hydrogen-bond donors (Lipinski definition) is 2. The lowest BCUT2D eigenvalue weighted by molar-refractivity contribution is 0.269. The second kappa shape index (κ2) is 3.11. The molecular weight excluding hydrogens is 136 g/mol. The van der Waals surface area contributed by atoms with Gasteiger partial charge in [-0.1, -0.05) is 6.42 Å². The van der Waals surface area contributed by atoms with E-state index in [1.807, 2.05) is 0 Å². The first kappa shape index (κ1) is 7.56. The zero-order valence-electron chi connectivity index (χ0n) is 7.27. The molecule has 2 heteroatoms. The first-order valence-electron chi connectivity index (χ1n) is 4.81. The van der Waals surface area contributed by atoms with E-state index in [1.54, 1.807) is 0 Å². The molecule has 0 bridgehead atoms. The van der Waals surface area contributed by atoms with E-state index in [4.69, 9.17) is 0 Å². The van der Waals surface area contributed by atoms with Gasteiger partial charge >= 0.3 is 0 Å². The molecule has 0 aromatic heterocycles. The lowest BCUT2D eigenvalue weighted by Crippen LogP contribution is -2.49. The molecule has 0 aromatic rings. The third-order valence-electron chi connectivity index (χ3n) is 3.28. The molecule has 2 aliphatic rings. The van der Waals surface area contributed by atoms with Gasteiger partial charge in [0.2, 0.25) is 0 Å². The highest BCUT2D eigenvalue weighted by atomic mass is 15.0. The van der Waals surface area contributed by atoms with Crippen LogP contribution in [0.1, 0.15) is 25.7 Å². The van der Waals surface area contributed by atoms with Gasteiger partial charge in [-0.15, -0.1) is 0 Å². The fourth-order valence-corrected chi connectivity index (χ4v) is 2.55. The molecule has 3 unspecified atom stereocenters. The largest absolute Gasteiger partial charge is 0.316 e. The Kier molecular flexibility index (Phi) is 2.14. The summed E-state index contributed by atoms with van der Waals surface area (Å²) in [5.74, 6) is 0.973. The summed E-state index contributed by atoms with van der Waals surface area (Å²) < 4.78 is 0. The van der Waals surface area contributed by atoms with Gasteiger partial charge in [0.25, 0.3) is 0 Å². The first-order chi connectivity index (χ1) is 5.40. The van der Waals surface area contributed by atoms with Crippen molar-refractivity contribution >= 4 is 0 Å². The molecular formula is C9H18N2. The Morgan fingerprint density at radius 2 is 2.27 bits per heavy atom. The van der Waals surface area contributed by atoms with Gasteiger partial charge in [-0.25, -0.2) is 0 Å². The summed E-state index contributed by atoms with van der Waals surface area (Å²) in [6, 6.07) is 1.59. The molecule has 1 aliphatic carbocycles. The van der Waals surface area contributed by atoms with E-state index in [1.165, 1.54) is 32.2 Å². The molecule has 2 N–H and O–H groups in total. The van der Waals surface area contributed by atoms with Crippen LogP contribution in [-0.4, -0.2) is 25.7 Å². The minimum absolute atomic E-state index is 0.731. The van der Waals surface area contributed by atoms with Crippen molar-refractivity contribution in [1.82, 2.24) is 10.6 Å². The fraction of sp³-hybridized carbons (Fsp3) is 1.00. The maximum atomic E-state index is 3.62. The van der Waals surface area contributed by atoms with Crippen molar-refractivity contribution in [3.8, 4) is 0 Å². The molecule has 2 fully saturated rings. The molecule has 1 saturated carbocycles. The van der Waals surface area contributed by atoms with Crippen molar-refractivity contribution in [3.05, 3.63) is 0 Å². The third kappa shape index (κ3) is 1.42. The number of likely N-dealkylation sites (N-methyl/N-ethyl adjacent to an activating group) is 1. The van der Waals surface area contributed by atoms with Gasteiger partial charge in [0, 0.05) is 18.6 Å². The summed E-state index contributed by atoms with van der Waals surface area (Å²) >= 11 is 0. The predicted octanol–water partition coefficient (Wildman–Crippen LogP) is 0.736. The molecule has 11 heavy (non-hydrogen) atoms. The molecule has 1 saturated heterocycles. The van der Waals surface area contributed by atoms with E-state index in [9.17, 15) is 0 Å². The van der Waals surface area contributed by atoms with Crippen LogP contribution in [0.2, 0.25) is 0 Å². The SMILES string of the molecule is CNC1CNC2CCCC2C1. The standard InChI is InChI=1S/C9H18N2/c1-10-8-5-7-3-2-4-9(7)11-6-8/h7-11H,2-6H2,1H3. The molecule has 1 heterocycles. The number of rotatable bonds is 1. The molecule has 0 spiro atoms. The summed E-state index contributed by atoms with van der Waals surface area (Å²) in [6.45, 7) is 1.18. The van der Waals surface area contributed by atoms with Gasteiger partial charge in [-0.3, -0.25) is 0 Å². The van der Waals surface area contributed by atoms with Gasteiger partial charge in [0.1, 0.15) is 0 Å². The summed E-state index contributed by atoms with van der Waals surface area (Å²) in [4.78, 5) is 0. The summed E-state index contributed by atoms with van der Waals surface area (Å²) in [5, 5.41) is 6.97. The second-order valence-electron chi connectivity index (χ2n) is 3.93. The van der Waals surface area contributed by atoms with Crippen molar-refractivity contribution in [1.29, 1.82) is 0 Å². The van der Waals surface area contributed by atoms with Gasteiger partial charge in [-0.05, 0) is 32.2 Å². The van der Waals surface area contributed by atoms with Crippen LogP contribution >= 0.6 is 0 Å². The Bertz CT molecular complexity index is 136. The minimum Gasteiger partial charge on any atom is -0.316 e. The predicted molar refractivity (Wildman–Crippen MR) is 46.6 cm³/mol. The Balaban J connectivity index is 1.91. The summed E-state index contributed by atoms with van der Waals surface area (Å²) in [7, 11) is 2.07. The van der Waals surface area contributed by atoms with Crippen LogP contribution in [0, 0.1) is 5.92 Å². The lowest BCUT2D eigenvalue weighted by Gasteiger charge is -2.32. The molecule has 0 radical (unpaired) electrons. The summed E-state index contributed by atoms with van der Waals surface area (Å²) in [6.07, 6.45) is 5.71. The van der Waals surface area contributed by atoms with E-state index >= 15 is 0 Å². The number of hydrogen-bond acceptors (Lipinski definition) is 2. The van der Waals surface area contributed by atoms with Crippen LogP contribution in [0.15, 0.2) is 0 Å².